The Bertz CT molecular complexity index is 951. The molecule has 0 bridgehead atoms. The Morgan fingerprint density at radius 3 is 2.63 bits per heavy atom. The molecule has 2 aliphatic rings. The highest BCUT2D eigenvalue weighted by Gasteiger charge is 2.48. The zero-order valence-corrected chi connectivity index (χ0v) is 16.8. The standard InChI is InChI=1S/C20H25N3O3S/c1-19(2,3)16-4-6-17(7-5-16)27(24,25)23-9-8-20(12-23)13-26-11-15-10-21-14-22-18(15)20/h4-7,10,14H,8-9,11-13H2,1-3H3. The van der Waals surface area contributed by atoms with Crippen molar-refractivity contribution in [2.75, 3.05) is 19.7 Å². The van der Waals surface area contributed by atoms with Crippen LogP contribution in [-0.2, 0) is 32.2 Å². The third-order valence-corrected chi connectivity index (χ3v) is 7.46. The van der Waals surface area contributed by atoms with Crippen LogP contribution in [0, 0.1) is 0 Å². The van der Waals surface area contributed by atoms with Crippen molar-refractivity contribution >= 4 is 10.0 Å². The van der Waals surface area contributed by atoms with Gasteiger partial charge >= 0.3 is 0 Å². The number of ether oxygens (including phenoxy) is 1. The molecule has 1 spiro atoms. The highest BCUT2D eigenvalue weighted by atomic mass is 32.2. The van der Waals surface area contributed by atoms with Gasteiger partial charge in [-0.25, -0.2) is 18.4 Å². The third kappa shape index (κ3) is 3.17. The van der Waals surface area contributed by atoms with Crippen LogP contribution in [0.3, 0.4) is 0 Å². The van der Waals surface area contributed by atoms with E-state index in [0.29, 0.717) is 37.6 Å². The summed E-state index contributed by atoms with van der Waals surface area (Å²) in [4.78, 5) is 8.88. The van der Waals surface area contributed by atoms with Gasteiger partial charge in [-0.3, -0.25) is 0 Å². The van der Waals surface area contributed by atoms with E-state index < -0.39 is 10.0 Å². The second-order valence-corrected chi connectivity index (χ2v) is 10.5. The number of hydrogen-bond acceptors (Lipinski definition) is 5. The molecule has 2 aromatic rings. The minimum atomic E-state index is -3.54. The minimum absolute atomic E-state index is 0.0111. The molecule has 144 valence electrons. The summed E-state index contributed by atoms with van der Waals surface area (Å²) < 4.78 is 33.7. The van der Waals surface area contributed by atoms with Crippen molar-refractivity contribution in [2.45, 2.75) is 49.5 Å². The minimum Gasteiger partial charge on any atom is -0.376 e. The second kappa shape index (κ2) is 6.36. The average Bonchev–Trinajstić information content (AvgIpc) is 3.07. The van der Waals surface area contributed by atoms with Gasteiger partial charge in [-0.15, -0.1) is 0 Å². The highest BCUT2D eigenvalue weighted by Crippen LogP contribution is 2.40. The van der Waals surface area contributed by atoms with Gasteiger partial charge in [0, 0.05) is 24.8 Å². The molecule has 0 aliphatic carbocycles. The lowest BCUT2D eigenvalue weighted by Gasteiger charge is -2.33. The summed E-state index contributed by atoms with van der Waals surface area (Å²) in [5.41, 5.74) is 2.62. The molecule has 1 unspecified atom stereocenters. The van der Waals surface area contributed by atoms with E-state index in [2.05, 4.69) is 30.7 Å². The molecule has 1 saturated heterocycles. The van der Waals surface area contributed by atoms with Gasteiger partial charge in [0.1, 0.15) is 6.33 Å². The number of nitrogens with zero attached hydrogens (tertiary/aromatic N) is 3. The summed E-state index contributed by atoms with van der Waals surface area (Å²) >= 11 is 0. The Morgan fingerprint density at radius 1 is 1.19 bits per heavy atom. The molecule has 0 N–H and O–H groups in total. The van der Waals surface area contributed by atoms with E-state index in [1.807, 2.05) is 12.1 Å². The predicted octanol–water partition coefficient (Wildman–Crippen LogP) is 2.64. The molecule has 1 fully saturated rings. The normalized spacial score (nSPS) is 23.5. The van der Waals surface area contributed by atoms with Crippen molar-refractivity contribution in [3.05, 3.63) is 53.6 Å². The number of rotatable bonds is 2. The zero-order valence-electron chi connectivity index (χ0n) is 16.0. The lowest BCUT2D eigenvalue weighted by Crippen LogP contribution is -2.41. The molecular formula is C20H25N3O3S. The first-order valence-corrected chi connectivity index (χ1v) is 10.6. The largest absolute Gasteiger partial charge is 0.376 e. The van der Waals surface area contributed by atoms with E-state index in [-0.39, 0.29) is 10.8 Å². The first-order valence-electron chi connectivity index (χ1n) is 9.20. The molecule has 2 aliphatic heterocycles. The van der Waals surface area contributed by atoms with Crippen LogP contribution < -0.4 is 0 Å². The summed E-state index contributed by atoms with van der Waals surface area (Å²) in [6.45, 7) is 8.18. The first kappa shape index (κ1) is 18.5. The number of aromatic nitrogens is 2. The van der Waals surface area contributed by atoms with E-state index in [4.69, 9.17) is 4.74 Å². The van der Waals surface area contributed by atoms with Crippen LogP contribution in [0.15, 0.2) is 41.7 Å². The molecular weight excluding hydrogens is 362 g/mol. The van der Waals surface area contributed by atoms with Crippen LogP contribution in [0.1, 0.15) is 44.0 Å². The summed E-state index contributed by atoms with van der Waals surface area (Å²) in [6, 6.07) is 7.25. The van der Waals surface area contributed by atoms with Gasteiger partial charge in [-0.2, -0.15) is 4.31 Å². The Kier molecular flexibility index (Phi) is 4.36. The van der Waals surface area contributed by atoms with Crippen molar-refractivity contribution in [2.24, 2.45) is 0 Å². The van der Waals surface area contributed by atoms with E-state index in [1.54, 1.807) is 22.6 Å². The van der Waals surface area contributed by atoms with Crippen LogP contribution in [0.5, 0.6) is 0 Å². The zero-order chi connectivity index (χ0) is 19.3. The van der Waals surface area contributed by atoms with Crippen LogP contribution in [0.4, 0.5) is 0 Å². The third-order valence-electron chi connectivity index (χ3n) is 5.60. The monoisotopic (exact) mass is 387 g/mol. The Morgan fingerprint density at radius 2 is 1.93 bits per heavy atom. The van der Waals surface area contributed by atoms with Gasteiger partial charge in [0.25, 0.3) is 0 Å². The van der Waals surface area contributed by atoms with E-state index >= 15 is 0 Å². The fourth-order valence-electron chi connectivity index (χ4n) is 3.99. The summed E-state index contributed by atoms with van der Waals surface area (Å²) in [7, 11) is -3.54. The number of sulfonamides is 1. The molecule has 4 rings (SSSR count). The number of benzene rings is 1. The molecule has 27 heavy (non-hydrogen) atoms. The first-order chi connectivity index (χ1) is 12.7. The maximum absolute atomic E-state index is 13.2. The average molecular weight is 388 g/mol. The smallest absolute Gasteiger partial charge is 0.243 e. The molecule has 1 aromatic heterocycles. The summed E-state index contributed by atoms with van der Waals surface area (Å²) in [5.74, 6) is 0. The molecule has 6 nitrogen and oxygen atoms in total. The molecule has 0 amide bonds. The van der Waals surface area contributed by atoms with Crippen LogP contribution in [-0.4, -0.2) is 42.4 Å². The maximum atomic E-state index is 13.2. The highest BCUT2D eigenvalue weighted by molar-refractivity contribution is 7.89. The Balaban J connectivity index is 1.62. The van der Waals surface area contributed by atoms with Crippen molar-refractivity contribution in [3.8, 4) is 0 Å². The van der Waals surface area contributed by atoms with Gasteiger partial charge in [0.2, 0.25) is 10.0 Å². The van der Waals surface area contributed by atoms with E-state index in [0.717, 1.165) is 16.8 Å². The lowest BCUT2D eigenvalue weighted by molar-refractivity contribution is 0.0530. The van der Waals surface area contributed by atoms with Crippen LogP contribution >= 0.6 is 0 Å². The van der Waals surface area contributed by atoms with Crippen LogP contribution in [0.25, 0.3) is 0 Å². The van der Waals surface area contributed by atoms with Crippen molar-refractivity contribution in [3.63, 3.8) is 0 Å². The fourth-order valence-corrected chi connectivity index (χ4v) is 5.52. The lowest BCUT2D eigenvalue weighted by atomic mass is 9.81. The number of hydrogen-bond donors (Lipinski definition) is 0. The van der Waals surface area contributed by atoms with Gasteiger partial charge in [-0.05, 0) is 29.5 Å². The second-order valence-electron chi connectivity index (χ2n) is 8.53. The maximum Gasteiger partial charge on any atom is 0.243 e. The molecule has 1 atom stereocenters. The van der Waals surface area contributed by atoms with Crippen molar-refractivity contribution in [1.82, 2.24) is 14.3 Å². The summed E-state index contributed by atoms with van der Waals surface area (Å²) in [6.07, 6.45) is 4.01. The van der Waals surface area contributed by atoms with Crippen molar-refractivity contribution in [1.29, 1.82) is 0 Å². The molecule has 0 radical (unpaired) electrons. The predicted molar refractivity (Wildman–Crippen MR) is 102 cm³/mol. The van der Waals surface area contributed by atoms with Gasteiger partial charge in [-0.1, -0.05) is 32.9 Å². The van der Waals surface area contributed by atoms with Crippen molar-refractivity contribution < 1.29 is 13.2 Å². The van der Waals surface area contributed by atoms with Crippen LogP contribution in [0.2, 0.25) is 0 Å². The Hall–Kier alpha value is -1.83. The quantitative estimate of drug-likeness (QED) is 0.792. The van der Waals surface area contributed by atoms with E-state index in [9.17, 15) is 8.42 Å². The van der Waals surface area contributed by atoms with E-state index in [1.165, 1.54) is 6.33 Å². The molecule has 3 heterocycles. The molecule has 7 heteroatoms. The molecule has 0 saturated carbocycles. The SMILES string of the molecule is CC(C)(C)c1ccc(S(=O)(=O)N2CCC3(COCc4cncnc43)C2)cc1. The molecule has 1 aromatic carbocycles. The fraction of sp³-hybridized carbons (Fsp3) is 0.500. The topological polar surface area (TPSA) is 72.4 Å². The van der Waals surface area contributed by atoms with Gasteiger partial charge in [0.15, 0.2) is 0 Å². The summed E-state index contributed by atoms with van der Waals surface area (Å²) in [5, 5.41) is 0. The van der Waals surface area contributed by atoms with Gasteiger partial charge in [0.05, 0.1) is 29.2 Å². The Labute approximate surface area is 160 Å². The van der Waals surface area contributed by atoms with Gasteiger partial charge < -0.3 is 4.74 Å². The number of fused-ring (bicyclic) bond motifs is 2.